The third-order valence-electron chi connectivity index (χ3n) is 2.84. The second-order valence-electron chi connectivity index (χ2n) is 4.18. The largest absolute Gasteiger partial charge is 0.355 e. The summed E-state index contributed by atoms with van der Waals surface area (Å²) in [5.41, 5.74) is 0.516. The van der Waals surface area contributed by atoms with Crippen molar-refractivity contribution in [1.29, 1.82) is 0 Å². The first-order valence-electron chi connectivity index (χ1n) is 6.11. The van der Waals surface area contributed by atoms with Gasteiger partial charge in [-0.25, -0.2) is 4.39 Å². The van der Waals surface area contributed by atoms with Gasteiger partial charge in [0.15, 0.2) is 0 Å². The normalized spacial score (nSPS) is 10.0. The first-order chi connectivity index (χ1) is 10.0. The van der Waals surface area contributed by atoms with Crippen molar-refractivity contribution in [2.45, 2.75) is 0 Å². The summed E-state index contributed by atoms with van der Waals surface area (Å²) >= 11 is 3.14. The third kappa shape index (κ3) is 3.28. The van der Waals surface area contributed by atoms with Gasteiger partial charge in [-0.05, 0) is 40.2 Å². The fraction of sp³-hybridized carbons (Fsp3) is 0.0667. The van der Waals surface area contributed by atoms with E-state index in [0.717, 1.165) is 0 Å². The summed E-state index contributed by atoms with van der Waals surface area (Å²) in [6.45, 7) is 0. The number of amides is 2. The Balaban J connectivity index is 2.35. The van der Waals surface area contributed by atoms with Crippen molar-refractivity contribution in [2.75, 3.05) is 12.4 Å². The van der Waals surface area contributed by atoms with Crippen molar-refractivity contribution in [3.63, 3.8) is 0 Å². The molecule has 0 aliphatic rings. The highest BCUT2D eigenvalue weighted by Gasteiger charge is 2.18. The molecule has 2 N–H and O–H groups in total. The molecule has 2 rings (SSSR count). The highest BCUT2D eigenvalue weighted by atomic mass is 79.9. The minimum Gasteiger partial charge on any atom is -0.355 e. The lowest BCUT2D eigenvalue weighted by molar-refractivity contribution is 0.0964. The lowest BCUT2D eigenvalue weighted by atomic mass is 10.1. The van der Waals surface area contributed by atoms with Crippen molar-refractivity contribution >= 4 is 33.4 Å². The zero-order valence-electron chi connectivity index (χ0n) is 11.1. The summed E-state index contributed by atoms with van der Waals surface area (Å²) in [6, 6.07) is 10.8. The molecule has 2 aromatic rings. The van der Waals surface area contributed by atoms with Crippen LogP contribution in [0.25, 0.3) is 0 Å². The summed E-state index contributed by atoms with van der Waals surface area (Å²) in [4.78, 5) is 23.9. The van der Waals surface area contributed by atoms with E-state index in [2.05, 4.69) is 26.6 Å². The molecule has 0 aromatic heterocycles. The van der Waals surface area contributed by atoms with E-state index in [1.165, 1.54) is 19.2 Å². The Morgan fingerprint density at radius 2 is 1.76 bits per heavy atom. The molecule has 0 radical (unpaired) electrons. The van der Waals surface area contributed by atoms with Gasteiger partial charge in [0.05, 0.1) is 16.8 Å². The molecular formula is C15H12BrFN2O2. The molecule has 0 aliphatic carbocycles. The average Bonchev–Trinajstić information content (AvgIpc) is 2.47. The molecule has 0 spiro atoms. The molecule has 0 saturated carbocycles. The first-order valence-corrected chi connectivity index (χ1v) is 6.90. The fourth-order valence-electron chi connectivity index (χ4n) is 1.82. The summed E-state index contributed by atoms with van der Waals surface area (Å²) < 4.78 is 14.1. The predicted octanol–water partition coefficient (Wildman–Crippen LogP) is 3.20. The summed E-state index contributed by atoms with van der Waals surface area (Å²) in [6.07, 6.45) is 0. The van der Waals surface area contributed by atoms with Crippen LogP contribution in [0.2, 0.25) is 0 Å². The van der Waals surface area contributed by atoms with E-state index in [9.17, 15) is 14.0 Å². The van der Waals surface area contributed by atoms with Crippen molar-refractivity contribution in [1.82, 2.24) is 5.32 Å². The van der Waals surface area contributed by atoms with Crippen LogP contribution in [0.3, 0.4) is 0 Å². The first kappa shape index (κ1) is 15.2. The van der Waals surface area contributed by atoms with Gasteiger partial charge in [-0.2, -0.15) is 0 Å². The van der Waals surface area contributed by atoms with E-state index in [4.69, 9.17) is 0 Å². The summed E-state index contributed by atoms with van der Waals surface area (Å²) in [7, 11) is 1.49. The molecule has 2 amide bonds. The Morgan fingerprint density at radius 3 is 2.43 bits per heavy atom. The third-order valence-corrected chi connectivity index (χ3v) is 3.50. The Bertz CT molecular complexity index is 684. The lowest BCUT2D eigenvalue weighted by Crippen LogP contribution is -2.22. The standard InChI is InChI=1S/C15H12BrFN2O2/c1-18-14(20)9-5-2-3-8-12(9)19-15(21)13-10(16)6-4-7-11(13)17/h2-8H,1H3,(H,18,20)(H,19,21). The molecule has 0 heterocycles. The van der Waals surface area contributed by atoms with Gasteiger partial charge in [0.1, 0.15) is 5.82 Å². The molecule has 0 saturated heterocycles. The average molecular weight is 351 g/mol. The molecule has 4 nitrogen and oxygen atoms in total. The van der Waals surface area contributed by atoms with Gasteiger partial charge in [0.25, 0.3) is 11.8 Å². The molecular weight excluding hydrogens is 339 g/mol. The van der Waals surface area contributed by atoms with Crippen LogP contribution in [0.1, 0.15) is 20.7 Å². The highest BCUT2D eigenvalue weighted by Crippen LogP contribution is 2.22. The molecule has 108 valence electrons. The molecule has 0 bridgehead atoms. The maximum absolute atomic E-state index is 13.8. The van der Waals surface area contributed by atoms with Crippen molar-refractivity contribution in [3.05, 3.63) is 63.9 Å². The molecule has 21 heavy (non-hydrogen) atoms. The van der Waals surface area contributed by atoms with Crippen LogP contribution in [0.4, 0.5) is 10.1 Å². The van der Waals surface area contributed by atoms with E-state index in [1.807, 2.05) is 0 Å². The van der Waals surface area contributed by atoms with E-state index in [-0.39, 0.29) is 11.5 Å². The van der Waals surface area contributed by atoms with E-state index < -0.39 is 11.7 Å². The number of hydrogen-bond acceptors (Lipinski definition) is 2. The number of rotatable bonds is 3. The number of nitrogens with one attached hydrogen (secondary N) is 2. The topological polar surface area (TPSA) is 58.2 Å². The minimum atomic E-state index is -0.640. The number of anilines is 1. The Morgan fingerprint density at radius 1 is 1.05 bits per heavy atom. The van der Waals surface area contributed by atoms with E-state index in [1.54, 1.807) is 30.3 Å². The van der Waals surface area contributed by atoms with Gasteiger partial charge >= 0.3 is 0 Å². The van der Waals surface area contributed by atoms with Crippen molar-refractivity contribution in [2.24, 2.45) is 0 Å². The van der Waals surface area contributed by atoms with Crippen LogP contribution in [0.5, 0.6) is 0 Å². The zero-order valence-corrected chi connectivity index (χ0v) is 12.7. The Kier molecular flexibility index (Phi) is 4.70. The molecule has 0 aliphatic heterocycles. The highest BCUT2D eigenvalue weighted by molar-refractivity contribution is 9.10. The fourth-order valence-corrected chi connectivity index (χ4v) is 2.35. The van der Waals surface area contributed by atoms with Gasteiger partial charge in [-0.15, -0.1) is 0 Å². The number of carbonyl (C=O) groups is 2. The smallest absolute Gasteiger partial charge is 0.259 e. The van der Waals surface area contributed by atoms with Crippen molar-refractivity contribution < 1.29 is 14.0 Å². The maximum atomic E-state index is 13.8. The monoisotopic (exact) mass is 350 g/mol. The van der Waals surface area contributed by atoms with Gasteiger partial charge in [-0.3, -0.25) is 9.59 Å². The van der Waals surface area contributed by atoms with Crippen LogP contribution in [0, 0.1) is 5.82 Å². The SMILES string of the molecule is CNC(=O)c1ccccc1NC(=O)c1c(F)cccc1Br. The lowest BCUT2D eigenvalue weighted by Gasteiger charge is -2.11. The van der Waals surface area contributed by atoms with Gasteiger partial charge in [-0.1, -0.05) is 18.2 Å². The molecule has 0 atom stereocenters. The molecule has 6 heteroatoms. The van der Waals surface area contributed by atoms with E-state index >= 15 is 0 Å². The van der Waals surface area contributed by atoms with Crippen LogP contribution in [-0.2, 0) is 0 Å². The van der Waals surface area contributed by atoms with Gasteiger partial charge in [0.2, 0.25) is 0 Å². The number of benzene rings is 2. The summed E-state index contributed by atoms with van der Waals surface area (Å²) in [5.74, 6) is -1.60. The second kappa shape index (κ2) is 6.49. The molecule has 0 fully saturated rings. The van der Waals surface area contributed by atoms with Crippen LogP contribution in [-0.4, -0.2) is 18.9 Å². The summed E-state index contributed by atoms with van der Waals surface area (Å²) in [5, 5.41) is 5.04. The van der Waals surface area contributed by atoms with Crippen LogP contribution in [0.15, 0.2) is 46.9 Å². The Labute approximate surface area is 129 Å². The predicted molar refractivity (Wildman–Crippen MR) is 81.9 cm³/mol. The second-order valence-corrected chi connectivity index (χ2v) is 5.03. The minimum absolute atomic E-state index is 0.107. The molecule has 0 unspecified atom stereocenters. The van der Waals surface area contributed by atoms with Crippen LogP contribution < -0.4 is 10.6 Å². The number of hydrogen-bond donors (Lipinski definition) is 2. The Hall–Kier alpha value is -2.21. The van der Waals surface area contributed by atoms with E-state index in [0.29, 0.717) is 15.7 Å². The quantitative estimate of drug-likeness (QED) is 0.892. The van der Waals surface area contributed by atoms with Gasteiger partial charge < -0.3 is 10.6 Å². The number of halogens is 2. The zero-order chi connectivity index (χ0) is 15.4. The number of carbonyl (C=O) groups excluding carboxylic acids is 2. The number of para-hydroxylation sites is 1. The van der Waals surface area contributed by atoms with Crippen molar-refractivity contribution in [3.8, 4) is 0 Å². The van der Waals surface area contributed by atoms with Gasteiger partial charge in [0, 0.05) is 11.5 Å². The molecule has 2 aromatic carbocycles. The van der Waals surface area contributed by atoms with Crippen LogP contribution >= 0.6 is 15.9 Å². The maximum Gasteiger partial charge on any atom is 0.259 e.